The Morgan fingerprint density at radius 1 is 1.29 bits per heavy atom. The molecular formula is C23H24F3N5O3. The molecule has 0 radical (unpaired) electrons. The van der Waals surface area contributed by atoms with Crippen LogP contribution >= 0.6 is 0 Å². The topological polar surface area (TPSA) is 81.5 Å². The number of nitrogens with one attached hydrogen (secondary N) is 1. The lowest BCUT2D eigenvalue weighted by Gasteiger charge is -2.32. The third kappa shape index (κ3) is 5.30. The Bertz CT molecular complexity index is 1150. The maximum atomic E-state index is 13.0. The molecule has 1 aliphatic rings. The van der Waals surface area contributed by atoms with Gasteiger partial charge in [0.05, 0.1) is 37.3 Å². The number of rotatable bonds is 6. The Morgan fingerprint density at radius 2 is 2.12 bits per heavy atom. The first kappa shape index (κ1) is 23.6. The van der Waals surface area contributed by atoms with Gasteiger partial charge in [0.2, 0.25) is 0 Å². The van der Waals surface area contributed by atoms with E-state index < -0.39 is 17.6 Å². The van der Waals surface area contributed by atoms with E-state index in [0.717, 1.165) is 36.6 Å². The lowest BCUT2D eigenvalue weighted by atomic mass is 10.2. The Labute approximate surface area is 194 Å². The average molecular weight is 475 g/mol. The second-order valence-corrected chi connectivity index (χ2v) is 7.87. The summed E-state index contributed by atoms with van der Waals surface area (Å²) in [5, 5.41) is 6.90. The van der Waals surface area contributed by atoms with E-state index in [0.29, 0.717) is 6.61 Å². The lowest BCUT2D eigenvalue weighted by Crippen LogP contribution is -2.41. The van der Waals surface area contributed by atoms with Crippen molar-refractivity contribution >= 4 is 11.7 Å². The smallest absolute Gasteiger partial charge is 0.416 e. The Hall–Kier alpha value is -3.60. The second-order valence-electron chi connectivity index (χ2n) is 7.87. The Morgan fingerprint density at radius 3 is 2.79 bits per heavy atom. The first-order chi connectivity index (χ1) is 16.2. The molecule has 3 heterocycles. The number of pyridine rings is 1. The summed E-state index contributed by atoms with van der Waals surface area (Å²) in [5.74, 6) is 0.463. The maximum absolute atomic E-state index is 13.0. The van der Waals surface area contributed by atoms with Crippen molar-refractivity contribution in [1.82, 2.24) is 20.1 Å². The van der Waals surface area contributed by atoms with Crippen molar-refractivity contribution in [3.63, 3.8) is 0 Å². The highest BCUT2D eigenvalue weighted by atomic mass is 19.4. The van der Waals surface area contributed by atoms with Gasteiger partial charge in [-0.1, -0.05) is 12.1 Å². The summed E-state index contributed by atoms with van der Waals surface area (Å²) in [7, 11) is 1.36. The molecule has 0 spiro atoms. The molecule has 0 bridgehead atoms. The molecule has 8 nitrogen and oxygen atoms in total. The van der Waals surface area contributed by atoms with E-state index in [2.05, 4.69) is 20.3 Å². The highest BCUT2D eigenvalue weighted by molar-refractivity contribution is 5.94. The fraction of sp³-hybridized carbons (Fsp3) is 0.348. The van der Waals surface area contributed by atoms with E-state index in [4.69, 9.17) is 9.47 Å². The number of carbonyl (C=O) groups is 1. The van der Waals surface area contributed by atoms with Crippen LogP contribution in [0.5, 0.6) is 5.75 Å². The van der Waals surface area contributed by atoms with Crippen LogP contribution < -0.4 is 15.0 Å². The molecule has 1 aromatic carbocycles. The zero-order valence-electron chi connectivity index (χ0n) is 18.7. The van der Waals surface area contributed by atoms with Crippen LogP contribution in [0.4, 0.5) is 19.0 Å². The van der Waals surface area contributed by atoms with Gasteiger partial charge < -0.3 is 19.7 Å². The van der Waals surface area contributed by atoms with Crippen LogP contribution in [0.2, 0.25) is 0 Å². The highest BCUT2D eigenvalue weighted by Gasteiger charge is 2.31. The van der Waals surface area contributed by atoms with Crippen LogP contribution in [0.15, 0.2) is 48.8 Å². The van der Waals surface area contributed by atoms with Crippen LogP contribution in [-0.4, -0.2) is 53.6 Å². The zero-order valence-corrected chi connectivity index (χ0v) is 18.7. The zero-order chi connectivity index (χ0) is 24.3. The van der Waals surface area contributed by atoms with Gasteiger partial charge in [0.1, 0.15) is 5.82 Å². The fourth-order valence-corrected chi connectivity index (χ4v) is 3.62. The minimum absolute atomic E-state index is 0.0354. The molecule has 0 saturated carbocycles. The number of methoxy groups -OCH3 is 1. The average Bonchev–Trinajstić information content (AvgIpc) is 3.27. The standard InChI is InChI=1S/C23H24F3N5O3/c1-15-13-30(8-9-34-15)20-7-6-16(11-27-20)12-28-22(32)21-19(33-2)14-31(29-21)18-5-3-4-17(10-18)23(24,25)26/h3-7,10-11,14-15H,8-9,12-13H2,1-2H3,(H,28,32). The molecule has 3 aromatic rings. The predicted molar refractivity (Wildman–Crippen MR) is 118 cm³/mol. The predicted octanol–water partition coefficient (Wildman–Crippen LogP) is 3.45. The first-order valence-electron chi connectivity index (χ1n) is 10.7. The lowest BCUT2D eigenvalue weighted by molar-refractivity contribution is -0.137. The van der Waals surface area contributed by atoms with E-state index in [1.807, 2.05) is 19.1 Å². The summed E-state index contributed by atoms with van der Waals surface area (Å²) >= 11 is 0. The van der Waals surface area contributed by atoms with Gasteiger partial charge in [-0.3, -0.25) is 4.79 Å². The number of nitrogens with zero attached hydrogens (tertiary/aromatic N) is 4. The van der Waals surface area contributed by atoms with Crippen LogP contribution in [0, 0.1) is 0 Å². The van der Waals surface area contributed by atoms with Crippen molar-refractivity contribution in [3.8, 4) is 11.4 Å². The van der Waals surface area contributed by atoms with Gasteiger partial charge in [0.15, 0.2) is 11.4 Å². The summed E-state index contributed by atoms with van der Waals surface area (Å²) < 4.78 is 51.1. The summed E-state index contributed by atoms with van der Waals surface area (Å²) in [6.45, 7) is 4.39. The van der Waals surface area contributed by atoms with Crippen LogP contribution in [0.3, 0.4) is 0 Å². The van der Waals surface area contributed by atoms with Crippen molar-refractivity contribution in [3.05, 3.63) is 65.6 Å². The largest absolute Gasteiger partial charge is 0.493 e. The molecular weight excluding hydrogens is 451 g/mol. The second kappa shape index (κ2) is 9.72. The Kier molecular flexibility index (Phi) is 6.73. The van der Waals surface area contributed by atoms with Gasteiger partial charge in [0, 0.05) is 25.8 Å². The van der Waals surface area contributed by atoms with Gasteiger partial charge in [-0.25, -0.2) is 9.67 Å². The molecule has 1 N–H and O–H groups in total. The summed E-state index contributed by atoms with van der Waals surface area (Å²) in [5.41, 5.74) is 0.0961. The molecule has 1 amide bonds. The minimum atomic E-state index is -4.49. The number of alkyl halides is 3. The molecule has 1 atom stereocenters. The van der Waals surface area contributed by atoms with Gasteiger partial charge in [-0.15, -0.1) is 0 Å². The third-order valence-electron chi connectivity index (χ3n) is 5.38. The third-order valence-corrected chi connectivity index (χ3v) is 5.38. The molecule has 1 unspecified atom stereocenters. The van der Waals surface area contributed by atoms with Crippen molar-refractivity contribution in [2.75, 3.05) is 31.7 Å². The molecule has 180 valence electrons. The van der Waals surface area contributed by atoms with E-state index in [1.165, 1.54) is 30.1 Å². The Balaban J connectivity index is 1.44. The number of carbonyl (C=O) groups excluding carboxylic acids is 1. The van der Waals surface area contributed by atoms with Gasteiger partial charge in [-0.2, -0.15) is 18.3 Å². The molecule has 2 aromatic heterocycles. The van der Waals surface area contributed by atoms with Crippen molar-refractivity contribution in [2.45, 2.75) is 25.7 Å². The molecule has 34 heavy (non-hydrogen) atoms. The van der Waals surface area contributed by atoms with Crippen molar-refractivity contribution < 1.29 is 27.4 Å². The number of hydrogen-bond acceptors (Lipinski definition) is 6. The fourth-order valence-electron chi connectivity index (χ4n) is 3.62. The number of halogens is 3. The van der Waals surface area contributed by atoms with E-state index in [-0.39, 0.29) is 29.8 Å². The normalized spacial score (nSPS) is 16.4. The summed E-state index contributed by atoms with van der Waals surface area (Å²) in [6, 6.07) is 8.43. The molecule has 1 fully saturated rings. The quantitative estimate of drug-likeness (QED) is 0.588. The number of ether oxygens (including phenoxy) is 2. The van der Waals surface area contributed by atoms with E-state index in [9.17, 15) is 18.0 Å². The van der Waals surface area contributed by atoms with Crippen molar-refractivity contribution in [1.29, 1.82) is 0 Å². The van der Waals surface area contributed by atoms with E-state index in [1.54, 1.807) is 6.20 Å². The monoisotopic (exact) mass is 475 g/mol. The number of benzene rings is 1. The molecule has 11 heteroatoms. The number of hydrogen-bond donors (Lipinski definition) is 1. The molecule has 1 saturated heterocycles. The summed E-state index contributed by atoms with van der Waals surface area (Å²) in [6.07, 6.45) is -1.30. The number of amides is 1. The summed E-state index contributed by atoms with van der Waals surface area (Å²) in [4.78, 5) is 19.3. The van der Waals surface area contributed by atoms with Crippen LogP contribution in [0.25, 0.3) is 5.69 Å². The van der Waals surface area contributed by atoms with Crippen LogP contribution in [0.1, 0.15) is 28.5 Å². The number of morpholine rings is 1. The number of aromatic nitrogens is 3. The maximum Gasteiger partial charge on any atom is 0.416 e. The van der Waals surface area contributed by atoms with Gasteiger partial charge in [0.25, 0.3) is 5.91 Å². The molecule has 1 aliphatic heterocycles. The first-order valence-corrected chi connectivity index (χ1v) is 10.7. The van der Waals surface area contributed by atoms with Crippen LogP contribution in [-0.2, 0) is 17.5 Å². The highest BCUT2D eigenvalue weighted by Crippen LogP contribution is 2.30. The van der Waals surface area contributed by atoms with Gasteiger partial charge in [-0.05, 0) is 36.8 Å². The van der Waals surface area contributed by atoms with Gasteiger partial charge >= 0.3 is 6.18 Å². The van der Waals surface area contributed by atoms with Crippen molar-refractivity contribution in [2.24, 2.45) is 0 Å². The minimum Gasteiger partial charge on any atom is -0.493 e. The molecule has 4 rings (SSSR count). The molecule has 0 aliphatic carbocycles. The number of anilines is 1. The SMILES string of the molecule is COc1cn(-c2cccc(C(F)(F)F)c2)nc1C(=O)NCc1ccc(N2CCOC(C)C2)nc1. The van der Waals surface area contributed by atoms with E-state index >= 15 is 0 Å².